The topological polar surface area (TPSA) is 71.1 Å². The maximum Gasteiger partial charge on any atom is 0.458 e. The van der Waals surface area contributed by atoms with Crippen molar-refractivity contribution in [1.82, 2.24) is 0 Å². The van der Waals surface area contributed by atoms with E-state index in [1.165, 1.54) is 14.2 Å². The summed E-state index contributed by atoms with van der Waals surface area (Å²) in [5.74, 6) is -1.23. The van der Waals surface area contributed by atoms with Crippen molar-refractivity contribution in [2.45, 2.75) is 58.1 Å². The van der Waals surface area contributed by atoms with Gasteiger partial charge in [0.05, 0.1) is 25.4 Å². The van der Waals surface area contributed by atoms with Crippen LogP contribution in [-0.2, 0) is 28.4 Å². The summed E-state index contributed by atoms with van der Waals surface area (Å²) in [6.07, 6.45) is 1.08. The number of carbonyl (C=O) groups excluding carboxylic acids is 2. The minimum atomic E-state index is -1.31. The Kier molecular flexibility index (Phi) is 4.90. The first-order chi connectivity index (χ1) is 11.0. The van der Waals surface area contributed by atoms with E-state index in [2.05, 4.69) is 6.58 Å². The molecule has 0 spiro atoms. The summed E-state index contributed by atoms with van der Waals surface area (Å²) in [4.78, 5) is 24.5. The molecule has 2 aliphatic rings. The van der Waals surface area contributed by atoms with Crippen molar-refractivity contribution in [2.75, 3.05) is 14.2 Å². The lowest BCUT2D eigenvalue weighted by Gasteiger charge is -2.32. The van der Waals surface area contributed by atoms with Crippen molar-refractivity contribution in [1.29, 1.82) is 0 Å². The Morgan fingerprint density at radius 1 is 1.12 bits per heavy atom. The molecule has 0 aromatic rings. The monoisotopic (exact) mass is 338 g/mol. The van der Waals surface area contributed by atoms with Crippen LogP contribution in [0, 0.1) is 11.3 Å². The maximum atomic E-state index is 12.2. The van der Waals surface area contributed by atoms with Gasteiger partial charge in [-0.1, -0.05) is 12.2 Å². The predicted molar refractivity (Wildman–Crippen MR) is 89.2 cm³/mol. The zero-order valence-corrected chi connectivity index (χ0v) is 15.4. The third-order valence-corrected chi connectivity index (χ3v) is 5.63. The Hall–Kier alpha value is -1.34. The van der Waals surface area contributed by atoms with Gasteiger partial charge in [0.2, 0.25) is 0 Å². The molecule has 0 amide bonds. The number of carbonyl (C=O) groups is 2. The van der Waals surface area contributed by atoms with Crippen LogP contribution in [0.15, 0.2) is 12.2 Å². The molecular formula is C17H27BO6. The summed E-state index contributed by atoms with van der Waals surface area (Å²) in [5.41, 5.74) is -1.33. The Bertz CT molecular complexity index is 521. The lowest BCUT2D eigenvalue weighted by atomic mass is 9.74. The highest BCUT2D eigenvalue weighted by Gasteiger charge is 2.57. The van der Waals surface area contributed by atoms with Crippen LogP contribution in [0.2, 0.25) is 6.32 Å². The first-order valence-electron chi connectivity index (χ1n) is 8.19. The molecule has 1 saturated heterocycles. The largest absolute Gasteiger partial charge is 0.468 e. The van der Waals surface area contributed by atoms with Gasteiger partial charge in [-0.2, -0.15) is 0 Å². The summed E-state index contributed by atoms with van der Waals surface area (Å²) in [6, 6.07) is 0. The molecule has 1 atom stereocenters. The SMILES string of the molecule is C=C1CC(C(=O)OC)(C(=O)OC)CC1CB1OC(C)(C)C(C)(C)O1. The molecule has 0 aromatic heterocycles. The van der Waals surface area contributed by atoms with E-state index >= 15 is 0 Å². The smallest absolute Gasteiger partial charge is 0.458 e. The Balaban J connectivity index is 2.15. The van der Waals surface area contributed by atoms with E-state index in [9.17, 15) is 9.59 Å². The van der Waals surface area contributed by atoms with E-state index in [-0.39, 0.29) is 12.3 Å². The fourth-order valence-corrected chi connectivity index (χ4v) is 3.50. The van der Waals surface area contributed by atoms with Crippen molar-refractivity contribution >= 4 is 19.1 Å². The van der Waals surface area contributed by atoms with Gasteiger partial charge in [0, 0.05) is 0 Å². The van der Waals surface area contributed by atoms with Crippen LogP contribution in [-0.4, -0.2) is 44.5 Å². The van der Waals surface area contributed by atoms with Crippen molar-refractivity contribution in [3.05, 3.63) is 12.2 Å². The van der Waals surface area contributed by atoms with Crippen molar-refractivity contribution in [3.8, 4) is 0 Å². The summed E-state index contributed by atoms with van der Waals surface area (Å²) < 4.78 is 21.7. The van der Waals surface area contributed by atoms with Crippen molar-refractivity contribution < 1.29 is 28.4 Å². The first kappa shape index (κ1) is 19.0. The van der Waals surface area contributed by atoms with E-state index in [1.807, 2.05) is 27.7 Å². The molecule has 0 N–H and O–H groups in total. The third kappa shape index (κ3) is 2.99. The van der Waals surface area contributed by atoms with Crippen LogP contribution in [0.5, 0.6) is 0 Å². The second-order valence-corrected chi connectivity index (χ2v) is 7.72. The van der Waals surface area contributed by atoms with Crippen molar-refractivity contribution in [3.63, 3.8) is 0 Å². The zero-order valence-electron chi connectivity index (χ0n) is 15.4. The third-order valence-electron chi connectivity index (χ3n) is 5.63. The quantitative estimate of drug-likeness (QED) is 0.339. The average Bonchev–Trinajstić information content (AvgIpc) is 2.92. The highest BCUT2D eigenvalue weighted by atomic mass is 16.7. The van der Waals surface area contributed by atoms with Gasteiger partial charge in [0.25, 0.3) is 0 Å². The van der Waals surface area contributed by atoms with Crippen LogP contribution in [0.4, 0.5) is 0 Å². The van der Waals surface area contributed by atoms with Gasteiger partial charge in [-0.3, -0.25) is 9.59 Å². The summed E-state index contributed by atoms with van der Waals surface area (Å²) in [7, 11) is 2.15. The van der Waals surface area contributed by atoms with Crippen LogP contribution < -0.4 is 0 Å². The highest BCUT2D eigenvalue weighted by molar-refractivity contribution is 6.45. The minimum absolute atomic E-state index is 0.0714. The number of hydrogen-bond donors (Lipinski definition) is 0. The number of rotatable bonds is 4. The van der Waals surface area contributed by atoms with Gasteiger partial charge in [0.1, 0.15) is 0 Å². The molecule has 1 unspecified atom stereocenters. The molecule has 1 aliphatic heterocycles. The summed E-state index contributed by atoms with van der Waals surface area (Å²) >= 11 is 0. The van der Waals surface area contributed by atoms with Crippen molar-refractivity contribution in [2.24, 2.45) is 11.3 Å². The molecular weight excluding hydrogens is 311 g/mol. The predicted octanol–water partition coefficient (Wildman–Crippen LogP) is 2.38. The van der Waals surface area contributed by atoms with Gasteiger partial charge in [-0.15, -0.1) is 0 Å². The first-order valence-corrected chi connectivity index (χ1v) is 8.19. The number of ether oxygens (including phenoxy) is 2. The molecule has 7 heteroatoms. The summed E-state index contributed by atoms with van der Waals surface area (Å²) in [6.45, 7) is 12.0. The Labute approximate surface area is 144 Å². The van der Waals surface area contributed by atoms with Gasteiger partial charge in [-0.25, -0.2) is 0 Å². The Morgan fingerprint density at radius 2 is 1.58 bits per heavy atom. The van der Waals surface area contributed by atoms with Gasteiger partial charge < -0.3 is 18.8 Å². The molecule has 0 radical (unpaired) electrons. The Morgan fingerprint density at radius 3 is 2.00 bits per heavy atom. The number of methoxy groups -OCH3 is 2. The van der Waals surface area contributed by atoms with E-state index in [4.69, 9.17) is 18.8 Å². The van der Waals surface area contributed by atoms with E-state index in [0.717, 1.165) is 5.57 Å². The molecule has 2 rings (SSSR count). The molecule has 0 aromatic carbocycles. The fraction of sp³-hybridized carbons (Fsp3) is 0.765. The van der Waals surface area contributed by atoms with Gasteiger partial charge in [0.15, 0.2) is 5.41 Å². The molecule has 2 fully saturated rings. The standard InChI is InChI=1S/C17H27BO6/c1-11-8-17(13(19)21-6,14(20)22-7)9-12(11)10-18-23-15(2,3)16(4,5)24-18/h12H,1,8-10H2,2-7H3. The number of esters is 2. The van der Waals surface area contributed by atoms with Gasteiger partial charge in [-0.05, 0) is 52.8 Å². The molecule has 0 bridgehead atoms. The van der Waals surface area contributed by atoms with Crippen LogP contribution in [0.25, 0.3) is 0 Å². The summed E-state index contributed by atoms with van der Waals surface area (Å²) in [5, 5.41) is 0. The zero-order chi connectivity index (χ0) is 18.3. The fourth-order valence-electron chi connectivity index (χ4n) is 3.50. The highest BCUT2D eigenvalue weighted by Crippen LogP contribution is 2.50. The van der Waals surface area contributed by atoms with Crippen LogP contribution in [0.3, 0.4) is 0 Å². The molecule has 1 heterocycles. The van der Waals surface area contributed by atoms with Crippen LogP contribution >= 0.6 is 0 Å². The molecule has 134 valence electrons. The normalized spacial score (nSPS) is 27.2. The number of hydrogen-bond acceptors (Lipinski definition) is 6. The molecule has 1 aliphatic carbocycles. The second-order valence-electron chi connectivity index (χ2n) is 7.72. The molecule has 6 nitrogen and oxygen atoms in total. The molecule has 1 saturated carbocycles. The van der Waals surface area contributed by atoms with E-state index in [1.54, 1.807) is 0 Å². The number of allylic oxidation sites excluding steroid dienone is 1. The average molecular weight is 338 g/mol. The van der Waals surface area contributed by atoms with E-state index in [0.29, 0.717) is 12.7 Å². The lowest BCUT2D eigenvalue weighted by molar-refractivity contribution is -0.168. The minimum Gasteiger partial charge on any atom is -0.468 e. The van der Waals surface area contributed by atoms with E-state index < -0.39 is 35.7 Å². The molecule has 24 heavy (non-hydrogen) atoms. The lowest BCUT2D eigenvalue weighted by Crippen LogP contribution is -2.41. The second kappa shape index (κ2) is 6.19. The maximum absolute atomic E-state index is 12.2. The van der Waals surface area contributed by atoms with Gasteiger partial charge >= 0.3 is 19.1 Å². The van der Waals surface area contributed by atoms with Crippen LogP contribution in [0.1, 0.15) is 40.5 Å².